The molecule has 0 aliphatic rings. The molecule has 1 unspecified atom stereocenters. The van der Waals surface area contributed by atoms with Crippen molar-refractivity contribution in [3.05, 3.63) is 69.6 Å². The lowest BCUT2D eigenvalue weighted by Crippen LogP contribution is -2.25. The molecule has 1 aromatic heterocycles. The van der Waals surface area contributed by atoms with Crippen LogP contribution in [0.5, 0.6) is 11.5 Å². The van der Waals surface area contributed by atoms with E-state index in [9.17, 15) is 14.7 Å². The van der Waals surface area contributed by atoms with Gasteiger partial charge in [0.25, 0.3) is 0 Å². The Balaban J connectivity index is 1.75. The smallest absolute Gasteiger partial charge is 0.371 e. The lowest BCUT2D eigenvalue weighted by molar-refractivity contribution is 0.0620. The van der Waals surface area contributed by atoms with Gasteiger partial charge in [-0.15, -0.1) is 0 Å². The molecule has 7 nitrogen and oxygen atoms in total. The number of hydrogen-bond acceptors (Lipinski definition) is 6. The van der Waals surface area contributed by atoms with Crippen molar-refractivity contribution in [2.75, 3.05) is 13.2 Å². The third-order valence-corrected chi connectivity index (χ3v) is 4.99. The van der Waals surface area contributed by atoms with Crippen molar-refractivity contribution < 1.29 is 28.9 Å². The molecule has 0 radical (unpaired) electrons. The first kappa shape index (κ1) is 23.3. The average molecular weight is 440 g/mol. The minimum Gasteiger partial charge on any atom is -0.490 e. The molecule has 2 aromatic carbocycles. The molecular weight excluding hydrogens is 412 g/mol. The molecule has 0 fully saturated rings. The number of carboxylic acids is 1. The van der Waals surface area contributed by atoms with Crippen LogP contribution in [-0.4, -0.2) is 35.5 Å². The van der Waals surface area contributed by atoms with Gasteiger partial charge in [0.1, 0.15) is 36.4 Å². The van der Waals surface area contributed by atoms with Gasteiger partial charge < -0.3 is 24.1 Å². The Morgan fingerprint density at radius 2 is 1.62 bits per heavy atom. The fourth-order valence-corrected chi connectivity index (χ4v) is 3.47. The summed E-state index contributed by atoms with van der Waals surface area (Å²) in [7, 11) is 0. The highest BCUT2D eigenvalue weighted by molar-refractivity contribution is 5.88. The van der Waals surface area contributed by atoms with E-state index in [0.717, 1.165) is 42.2 Å². The van der Waals surface area contributed by atoms with Gasteiger partial charge >= 0.3 is 5.97 Å². The van der Waals surface area contributed by atoms with Gasteiger partial charge in [0, 0.05) is 12.1 Å². The molecule has 1 atom stereocenters. The fraction of sp³-hybridized carbons (Fsp3) is 0.360. The number of rotatable bonds is 11. The molecule has 0 aliphatic heterocycles. The average Bonchev–Trinajstić information content (AvgIpc) is 2.77. The van der Waals surface area contributed by atoms with Gasteiger partial charge in [-0.05, 0) is 36.1 Å². The van der Waals surface area contributed by atoms with Gasteiger partial charge in [0.2, 0.25) is 5.76 Å². The molecular formula is C25H28O7. The summed E-state index contributed by atoms with van der Waals surface area (Å²) in [6, 6.07) is 11.9. The van der Waals surface area contributed by atoms with E-state index in [0.29, 0.717) is 17.6 Å². The highest BCUT2D eigenvalue weighted by atomic mass is 16.5. The van der Waals surface area contributed by atoms with Gasteiger partial charge in [-0.3, -0.25) is 4.79 Å². The van der Waals surface area contributed by atoms with E-state index >= 15 is 0 Å². The van der Waals surface area contributed by atoms with E-state index in [2.05, 4.69) is 6.92 Å². The highest BCUT2D eigenvalue weighted by Crippen LogP contribution is 2.27. The Labute approximate surface area is 186 Å². The molecule has 0 saturated carbocycles. The predicted molar refractivity (Wildman–Crippen MR) is 121 cm³/mol. The number of para-hydroxylation sites is 1. The molecule has 1 heterocycles. The SMILES string of the molecule is CCCc1ccccc1OCC(O)COc1cc2oc(C(=O)O)cc(=O)c2cc1CCC. The van der Waals surface area contributed by atoms with E-state index in [1.54, 1.807) is 6.07 Å². The van der Waals surface area contributed by atoms with E-state index in [-0.39, 0.29) is 18.8 Å². The van der Waals surface area contributed by atoms with Gasteiger partial charge in [-0.25, -0.2) is 4.79 Å². The normalized spacial score (nSPS) is 12.0. The Hall–Kier alpha value is -3.32. The Bertz CT molecular complexity index is 1130. The summed E-state index contributed by atoms with van der Waals surface area (Å²) in [6.07, 6.45) is 2.48. The first-order chi connectivity index (χ1) is 15.4. The van der Waals surface area contributed by atoms with Crippen LogP contribution in [0.3, 0.4) is 0 Å². The van der Waals surface area contributed by atoms with Crippen molar-refractivity contribution in [2.24, 2.45) is 0 Å². The number of benzene rings is 2. The largest absolute Gasteiger partial charge is 0.490 e. The topological polar surface area (TPSA) is 106 Å². The predicted octanol–water partition coefficient (Wildman–Crippen LogP) is 4.21. The quantitative estimate of drug-likeness (QED) is 0.460. The molecule has 0 saturated heterocycles. The zero-order valence-electron chi connectivity index (χ0n) is 18.3. The summed E-state index contributed by atoms with van der Waals surface area (Å²) in [5.74, 6) is -0.569. The molecule has 170 valence electrons. The maximum Gasteiger partial charge on any atom is 0.371 e. The number of fused-ring (bicyclic) bond motifs is 1. The van der Waals surface area contributed by atoms with Crippen molar-refractivity contribution in [2.45, 2.75) is 45.6 Å². The van der Waals surface area contributed by atoms with Crippen molar-refractivity contribution in [3.63, 3.8) is 0 Å². The maximum atomic E-state index is 12.3. The van der Waals surface area contributed by atoms with Crippen LogP contribution in [0.2, 0.25) is 0 Å². The molecule has 7 heteroatoms. The lowest BCUT2D eigenvalue weighted by Gasteiger charge is -2.17. The molecule has 0 amide bonds. The van der Waals surface area contributed by atoms with E-state index < -0.39 is 23.3 Å². The molecule has 3 aromatic rings. The van der Waals surface area contributed by atoms with Crippen LogP contribution >= 0.6 is 0 Å². The number of aryl methyl sites for hydroxylation is 2. The minimum absolute atomic E-state index is 0.0268. The van der Waals surface area contributed by atoms with Crippen LogP contribution in [0, 0.1) is 0 Å². The van der Waals surface area contributed by atoms with Crippen molar-refractivity contribution >= 4 is 16.9 Å². The second-order valence-electron chi connectivity index (χ2n) is 7.62. The summed E-state index contributed by atoms with van der Waals surface area (Å²) in [4.78, 5) is 23.5. The molecule has 2 N–H and O–H groups in total. The number of carboxylic acid groups (broad SMARTS) is 1. The molecule has 0 aliphatic carbocycles. The van der Waals surface area contributed by atoms with E-state index in [1.807, 2.05) is 31.2 Å². The van der Waals surface area contributed by atoms with Crippen molar-refractivity contribution in [3.8, 4) is 11.5 Å². The second-order valence-corrected chi connectivity index (χ2v) is 7.62. The van der Waals surface area contributed by atoms with Gasteiger partial charge in [0.05, 0.1) is 5.39 Å². The first-order valence-electron chi connectivity index (χ1n) is 10.8. The third kappa shape index (κ3) is 5.68. The molecule has 3 rings (SSSR count). The van der Waals surface area contributed by atoms with Crippen LogP contribution in [-0.2, 0) is 12.8 Å². The molecule has 32 heavy (non-hydrogen) atoms. The fourth-order valence-electron chi connectivity index (χ4n) is 3.47. The Morgan fingerprint density at radius 1 is 0.969 bits per heavy atom. The van der Waals surface area contributed by atoms with E-state index in [1.165, 1.54) is 6.07 Å². The Kier molecular flexibility index (Phi) is 7.89. The maximum absolute atomic E-state index is 12.3. The second kappa shape index (κ2) is 10.8. The minimum atomic E-state index is -1.32. The van der Waals surface area contributed by atoms with Crippen LogP contribution in [0.25, 0.3) is 11.0 Å². The first-order valence-corrected chi connectivity index (χ1v) is 10.8. The molecule has 0 bridgehead atoms. The molecule has 0 spiro atoms. The van der Waals surface area contributed by atoms with Gasteiger partial charge in [-0.2, -0.15) is 0 Å². The number of aliphatic hydroxyl groups excluding tert-OH is 1. The number of carbonyl (C=O) groups is 1. The number of aliphatic hydroxyl groups is 1. The van der Waals surface area contributed by atoms with E-state index in [4.69, 9.17) is 19.0 Å². The zero-order valence-corrected chi connectivity index (χ0v) is 18.3. The van der Waals surface area contributed by atoms with Crippen LogP contribution in [0.1, 0.15) is 48.4 Å². The highest BCUT2D eigenvalue weighted by Gasteiger charge is 2.16. The van der Waals surface area contributed by atoms with Crippen molar-refractivity contribution in [1.82, 2.24) is 0 Å². The zero-order chi connectivity index (χ0) is 23.1. The monoisotopic (exact) mass is 440 g/mol. The lowest BCUT2D eigenvalue weighted by atomic mass is 10.1. The number of aromatic carboxylic acids is 1. The van der Waals surface area contributed by atoms with Crippen LogP contribution in [0.15, 0.2) is 51.7 Å². The van der Waals surface area contributed by atoms with Crippen LogP contribution in [0.4, 0.5) is 0 Å². The summed E-state index contributed by atoms with van der Waals surface area (Å²) in [6.45, 7) is 4.13. The number of hydrogen-bond donors (Lipinski definition) is 2. The number of ether oxygens (including phenoxy) is 2. The Morgan fingerprint density at radius 3 is 2.31 bits per heavy atom. The summed E-state index contributed by atoms with van der Waals surface area (Å²) >= 11 is 0. The summed E-state index contributed by atoms with van der Waals surface area (Å²) in [5, 5.41) is 19.8. The van der Waals surface area contributed by atoms with Gasteiger partial charge in [-0.1, -0.05) is 44.9 Å². The van der Waals surface area contributed by atoms with Crippen molar-refractivity contribution in [1.29, 1.82) is 0 Å². The summed E-state index contributed by atoms with van der Waals surface area (Å²) in [5.41, 5.74) is 1.58. The summed E-state index contributed by atoms with van der Waals surface area (Å²) < 4.78 is 17.0. The van der Waals surface area contributed by atoms with Gasteiger partial charge in [0.15, 0.2) is 5.43 Å². The third-order valence-electron chi connectivity index (χ3n) is 4.99. The van der Waals surface area contributed by atoms with Crippen LogP contribution < -0.4 is 14.9 Å². The standard InChI is InChI=1S/C25H28O7/c1-3-7-16-9-5-6-10-21(16)30-14-18(26)15-31-22-13-23-19(11-17(22)8-4-2)20(27)12-24(32-23)25(28)29/h5-6,9-13,18,26H,3-4,7-8,14-15H2,1-2H3,(H,28,29).